The lowest BCUT2D eigenvalue weighted by molar-refractivity contribution is -0.136. The third-order valence-electron chi connectivity index (χ3n) is 6.58. The SMILES string of the molecule is COC(=O)C1=C(C)N(c2cccc(C)c2)C(=O)/C1=C\c1ccc(OCC(=O)NC2CCCCC2)cc1. The van der Waals surface area contributed by atoms with Crippen molar-refractivity contribution in [3.8, 4) is 5.75 Å². The lowest BCUT2D eigenvalue weighted by atomic mass is 9.95. The van der Waals surface area contributed by atoms with E-state index in [1.54, 1.807) is 37.3 Å². The number of methoxy groups -OCH3 is 1. The van der Waals surface area contributed by atoms with Crippen LogP contribution in [0.15, 0.2) is 65.4 Å². The fraction of sp³-hybridized carbons (Fsp3) is 0.345. The van der Waals surface area contributed by atoms with Crippen molar-refractivity contribution in [1.82, 2.24) is 5.32 Å². The van der Waals surface area contributed by atoms with Crippen LogP contribution in [0.2, 0.25) is 0 Å². The highest BCUT2D eigenvalue weighted by Gasteiger charge is 2.37. The van der Waals surface area contributed by atoms with E-state index < -0.39 is 5.97 Å². The van der Waals surface area contributed by atoms with Gasteiger partial charge >= 0.3 is 5.97 Å². The van der Waals surface area contributed by atoms with Crippen molar-refractivity contribution in [3.05, 3.63) is 76.5 Å². The Morgan fingerprint density at radius 3 is 2.44 bits per heavy atom. The zero-order chi connectivity index (χ0) is 25.7. The Labute approximate surface area is 211 Å². The number of benzene rings is 2. The van der Waals surface area contributed by atoms with Crippen LogP contribution in [-0.2, 0) is 19.1 Å². The van der Waals surface area contributed by atoms with Gasteiger partial charge in [0.05, 0.1) is 18.3 Å². The Morgan fingerprint density at radius 2 is 1.78 bits per heavy atom. The van der Waals surface area contributed by atoms with Crippen molar-refractivity contribution in [3.63, 3.8) is 0 Å². The molecule has 0 saturated heterocycles. The number of amides is 2. The number of hydrogen-bond donors (Lipinski definition) is 1. The summed E-state index contributed by atoms with van der Waals surface area (Å²) in [4.78, 5) is 39.8. The van der Waals surface area contributed by atoms with Gasteiger partial charge in [-0.15, -0.1) is 0 Å². The summed E-state index contributed by atoms with van der Waals surface area (Å²) in [5.74, 6) is -0.427. The normalized spacial score (nSPS) is 17.5. The predicted molar refractivity (Wildman–Crippen MR) is 138 cm³/mol. The molecule has 1 saturated carbocycles. The van der Waals surface area contributed by atoms with Gasteiger partial charge in [-0.3, -0.25) is 14.5 Å². The Kier molecular flexibility index (Phi) is 7.88. The number of allylic oxidation sites excluding steroid dienone is 1. The molecule has 36 heavy (non-hydrogen) atoms. The van der Waals surface area contributed by atoms with E-state index in [0.29, 0.717) is 17.1 Å². The molecule has 7 heteroatoms. The van der Waals surface area contributed by atoms with E-state index in [9.17, 15) is 14.4 Å². The molecular weight excluding hydrogens is 456 g/mol. The van der Waals surface area contributed by atoms with E-state index in [-0.39, 0.29) is 35.6 Å². The first-order valence-electron chi connectivity index (χ1n) is 12.3. The minimum atomic E-state index is -0.564. The van der Waals surface area contributed by atoms with Crippen LogP contribution in [0, 0.1) is 6.92 Å². The third-order valence-corrected chi connectivity index (χ3v) is 6.58. The number of rotatable bonds is 7. The predicted octanol–water partition coefficient (Wildman–Crippen LogP) is 4.70. The number of ether oxygens (including phenoxy) is 2. The number of carbonyl (C=O) groups is 3. The Morgan fingerprint density at radius 1 is 1.06 bits per heavy atom. The summed E-state index contributed by atoms with van der Waals surface area (Å²) in [7, 11) is 1.30. The molecule has 2 aromatic rings. The van der Waals surface area contributed by atoms with Crippen LogP contribution in [0.3, 0.4) is 0 Å². The van der Waals surface area contributed by atoms with Crippen molar-refractivity contribution in [2.24, 2.45) is 0 Å². The lowest BCUT2D eigenvalue weighted by Crippen LogP contribution is -2.38. The third kappa shape index (κ3) is 5.67. The first kappa shape index (κ1) is 25.2. The quantitative estimate of drug-likeness (QED) is 0.451. The number of hydrogen-bond acceptors (Lipinski definition) is 5. The van der Waals surface area contributed by atoms with Gasteiger partial charge in [-0.05, 0) is 68.2 Å². The molecule has 0 atom stereocenters. The van der Waals surface area contributed by atoms with E-state index >= 15 is 0 Å². The molecule has 0 unspecified atom stereocenters. The number of aryl methyl sites for hydroxylation is 1. The van der Waals surface area contributed by atoms with Gasteiger partial charge in [-0.1, -0.05) is 43.5 Å². The Balaban J connectivity index is 1.49. The average Bonchev–Trinajstić information content (AvgIpc) is 3.12. The molecule has 1 aliphatic heterocycles. The van der Waals surface area contributed by atoms with E-state index in [0.717, 1.165) is 36.8 Å². The highest BCUT2D eigenvalue weighted by atomic mass is 16.5. The zero-order valence-electron chi connectivity index (χ0n) is 21.0. The van der Waals surface area contributed by atoms with Crippen molar-refractivity contribution in [2.45, 2.75) is 52.0 Å². The summed E-state index contributed by atoms with van der Waals surface area (Å²) in [6.07, 6.45) is 7.26. The first-order valence-corrected chi connectivity index (χ1v) is 12.3. The van der Waals surface area contributed by atoms with Crippen LogP contribution in [-0.4, -0.2) is 37.5 Å². The number of anilines is 1. The molecule has 7 nitrogen and oxygen atoms in total. The molecule has 1 aliphatic carbocycles. The zero-order valence-corrected chi connectivity index (χ0v) is 21.0. The van der Waals surface area contributed by atoms with Gasteiger partial charge in [0.25, 0.3) is 11.8 Å². The molecular formula is C29H32N2O5. The Bertz CT molecular complexity index is 1210. The molecule has 0 spiro atoms. The van der Waals surface area contributed by atoms with Crippen LogP contribution in [0.4, 0.5) is 5.69 Å². The molecule has 4 rings (SSSR count). The number of carbonyl (C=O) groups excluding carboxylic acids is 3. The fourth-order valence-electron chi connectivity index (χ4n) is 4.75. The van der Waals surface area contributed by atoms with Crippen LogP contribution >= 0.6 is 0 Å². The summed E-state index contributed by atoms with van der Waals surface area (Å²) in [6.45, 7) is 3.64. The largest absolute Gasteiger partial charge is 0.484 e. The van der Waals surface area contributed by atoms with Gasteiger partial charge in [0.2, 0.25) is 0 Å². The maximum absolute atomic E-state index is 13.4. The number of nitrogens with zero attached hydrogens (tertiary/aromatic N) is 1. The van der Waals surface area contributed by atoms with Gasteiger partial charge < -0.3 is 14.8 Å². The van der Waals surface area contributed by atoms with E-state index in [4.69, 9.17) is 9.47 Å². The molecule has 0 aromatic heterocycles. The van der Waals surface area contributed by atoms with Gasteiger partial charge in [0.1, 0.15) is 5.75 Å². The number of nitrogens with one attached hydrogen (secondary N) is 1. The van der Waals surface area contributed by atoms with Crippen molar-refractivity contribution >= 4 is 29.5 Å². The molecule has 1 heterocycles. The van der Waals surface area contributed by atoms with Gasteiger partial charge in [0.15, 0.2) is 6.61 Å². The summed E-state index contributed by atoms with van der Waals surface area (Å²) < 4.78 is 10.6. The lowest BCUT2D eigenvalue weighted by Gasteiger charge is -2.22. The van der Waals surface area contributed by atoms with Crippen LogP contribution < -0.4 is 15.0 Å². The van der Waals surface area contributed by atoms with Crippen molar-refractivity contribution in [1.29, 1.82) is 0 Å². The van der Waals surface area contributed by atoms with E-state index in [1.807, 2.05) is 31.2 Å². The van der Waals surface area contributed by atoms with Crippen molar-refractivity contribution < 1.29 is 23.9 Å². The second-order valence-electron chi connectivity index (χ2n) is 9.25. The van der Waals surface area contributed by atoms with E-state index in [2.05, 4.69) is 5.32 Å². The average molecular weight is 489 g/mol. The van der Waals surface area contributed by atoms with Crippen LogP contribution in [0.5, 0.6) is 5.75 Å². The number of esters is 1. The van der Waals surface area contributed by atoms with Crippen LogP contribution in [0.1, 0.15) is 50.2 Å². The van der Waals surface area contributed by atoms with Gasteiger partial charge in [-0.25, -0.2) is 4.79 Å². The maximum Gasteiger partial charge on any atom is 0.340 e. The monoisotopic (exact) mass is 488 g/mol. The molecule has 2 aromatic carbocycles. The smallest absolute Gasteiger partial charge is 0.340 e. The molecule has 1 N–H and O–H groups in total. The first-order chi connectivity index (χ1) is 17.4. The molecule has 1 fully saturated rings. The minimum Gasteiger partial charge on any atom is -0.484 e. The highest BCUT2D eigenvalue weighted by molar-refractivity contribution is 6.23. The molecule has 2 amide bonds. The summed E-state index contributed by atoms with van der Waals surface area (Å²) in [6, 6.07) is 14.9. The standard InChI is InChI=1S/C29H32N2O5/c1-19-8-7-11-23(16-19)31-20(2)27(29(34)35-3)25(28(31)33)17-21-12-14-24(15-13-21)36-18-26(32)30-22-9-5-4-6-10-22/h7-8,11-17,22H,4-6,9-10,18H2,1-3H3,(H,30,32)/b25-17-. The van der Waals surface area contributed by atoms with Gasteiger partial charge in [-0.2, -0.15) is 0 Å². The summed E-state index contributed by atoms with van der Waals surface area (Å²) in [5.41, 5.74) is 3.45. The maximum atomic E-state index is 13.4. The molecule has 188 valence electrons. The topological polar surface area (TPSA) is 84.9 Å². The second kappa shape index (κ2) is 11.2. The van der Waals surface area contributed by atoms with Crippen molar-refractivity contribution in [2.75, 3.05) is 18.6 Å². The van der Waals surface area contributed by atoms with Crippen LogP contribution in [0.25, 0.3) is 6.08 Å². The fourth-order valence-corrected chi connectivity index (χ4v) is 4.75. The van der Waals surface area contributed by atoms with Gasteiger partial charge in [0, 0.05) is 17.4 Å². The highest BCUT2D eigenvalue weighted by Crippen LogP contribution is 2.35. The second-order valence-corrected chi connectivity index (χ2v) is 9.25. The Hall–Kier alpha value is -3.87. The molecule has 0 radical (unpaired) electrons. The molecule has 0 bridgehead atoms. The van der Waals surface area contributed by atoms with E-state index in [1.165, 1.54) is 18.4 Å². The molecule has 2 aliphatic rings. The minimum absolute atomic E-state index is 0.0463. The summed E-state index contributed by atoms with van der Waals surface area (Å²) >= 11 is 0. The summed E-state index contributed by atoms with van der Waals surface area (Å²) in [5, 5.41) is 3.04.